The molecule has 4 rings (SSSR count). The SMILES string of the molecule is COc1cccc(C(=O)NCCc2nnc(SCc3ccccc3C)n2-c2ccc(F)cc2)c1OC. The molecule has 36 heavy (non-hydrogen) atoms. The van der Waals surface area contributed by atoms with E-state index in [1.807, 2.05) is 16.7 Å². The number of aryl methyl sites for hydroxylation is 1. The number of ether oxygens (including phenoxy) is 2. The molecule has 1 aromatic heterocycles. The van der Waals surface area contributed by atoms with Crippen molar-refractivity contribution in [3.8, 4) is 17.2 Å². The third kappa shape index (κ3) is 5.68. The second kappa shape index (κ2) is 11.7. The summed E-state index contributed by atoms with van der Waals surface area (Å²) in [5.41, 5.74) is 3.54. The second-order valence-electron chi connectivity index (χ2n) is 7.97. The summed E-state index contributed by atoms with van der Waals surface area (Å²) < 4.78 is 26.2. The van der Waals surface area contributed by atoms with Gasteiger partial charge in [-0.3, -0.25) is 9.36 Å². The molecule has 1 N–H and O–H groups in total. The maximum Gasteiger partial charge on any atom is 0.255 e. The van der Waals surface area contributed by atoms with Crippen LogP contribution in [0.1, 0.15) is 27.3 Å². The first kappa shape index (κ1) is 25.2. The molecule has 0 aliphatic carbocycles. The fraction of sp³-hybridized carbons (Fsp3) is 0.222. The van der Waals surface area contributed by atoms with Gasteiger partial charge in [0.2, 0.25) is 0 Å². The molecule has 0 saturated carbocycles. The summed E-state index contributed by atoms with van der Waals surface area (Å²) in [4.78, 5) is 12.8. The standard InChI is InChI=1S/C27H27FN4O3S/c1-18-7-4-5-8-19(18)17-36-27-31-30-24(32(27)21-13-11-20(28)12-14-21)15-16-29-26(33)22-9-6-10-23(34-2)25(22)35-3/h4-14H,15-17H2,1-3H3,(H,29,33). The average molecular weight is 507 g/mol. The number of amides is 1. The van der Waals surface area contributed by atoms with Crippen LogP contribution in [0.5, 0.6) is 11.5 Å². The summed E-state index contributed by atoms with van der Waals surface area (Å²) in [5, 5.41) is 12.4. The van der Waals surface area contributed by atoms with E-state index in [-0.39, 0.29) is 11.7 Å². The van der Waals surface area contributed by atoms with Gasteiger partial charge in [-0.1, -0.05) is 42.1 Å². The summed E-state index contributed by atoms with van der Waals surface area (Å²) in [6, 6.07) is 19.5. The Morgan fingerprint density at radius 3 is 2.50 bits per heavy atom. The first-order valence-corrected chi connectivity index (χ1v) is 12.4. The van der Waals surface area contributed by atoms with E-state index in [0.29, 0.717) is 41.0 Å². The average Bonchev–Trinajstić information content (AvgIpc) is 3.30. The van der Waals surface area contributed by atoms with Crippen molar-refractivity contribution in [1.29, 1.82) is 0 Å². The molecular formula is C27H27FN4O3S. The molecule has 186 valence electrons. The summed E-state index contributed by atoms with van der Waals surface area (Å²) >= 11 is 1.56. The van der Waals surface area contributed by atoms with Crippen LogP contribution in [0.3, 0.4) is 0 Å². The number of hydrogen-bond acceptors (Lipinski definition) is 6. The maximum absolute atomic E-state index is 13.6. The molecule has 3 aromatic carbocycles. The van der Waals surface area contributed by atoms with Gasteiger partial charge in [0, 0.05) is 24.4 Å². The molecule has 1 amide bonds. The van der Waals surface area contributed by atoms with Crippen LogP contribution in [0.4, 0.5) is 4.39 Å². The van der Waals surface area contributed by atoms with Gasteiger partial charge in [-0.2, -0.15) is 0 Å². The first-order chi connectivity index (χ1) is 17.5. The van der Waals surface area contributed by atoms with Crippen LogP contribution in [0.15, 0.2) is 71.9 Å². The predicted molar refractivity (Wildman–Crippen MR) is 138 cm³/mol. The number of rotatable bonds is 10. The van der Waals surface area contributed by atoms with Gasteiger partial charge in [-0.25, -0.2) is 4.39 Å². The van der Waals surface area contributed by atoms with Crippen LogP contribution < -0.4 is 14.8 Å². The van der Waals surface area contributed by atoms with E-state index in [4.69, 9.17) is 9.47 Å². The van der Waals surface area contributed by atoms with Gasteiger partial charge < -0.3 is 14.8 Å². The predicted octanol–water partition coefficient (Wildman–Crippen LogP) is 5.00. The van der Waals surface area contributed by atoms with E-state index < -0.39 is 0 Å². The van der Waals surface area contributed by atoms with Gasteiger partial charge in [-0.15, -0.1) is 10.2 Å². The van der Waals surface area contributed by atoms with Crippen molar-refractivity contribution in [3.63, 3.8) is 0 Å². The highest BCUT2D eigenvalue weighted by molar-refractivity contribution is 7.98. The van der Waals surface area contributed by atoms with Gasteiger partial charge in [0.05, 0.1) is 19.8 Å². The third-order valence-electron chi connectivity index (χ3n) is 5.68. The number of carbonyl (C=O) groups excluding carboxylic acids is 1. The van der Waals surface area contributed by atoms with Crippen molar-refractivity contribution in [2.75, 3.05) is 20.8 Å². The summed E-state index contributed by atoms with van der Waals surface area (Å²) in [6.07, 6.45) is 0.424. The topological polar surface area (TPSA) is 78.3 Å². The Bertz CT molecular complexity index is 1340. The van der Waals surface area contributed by atoms with Gasteiger partial charge in [-0.05, 0) is 54.4 Å². The quantitative estimate of drug-likeness (QED) is 0.305. The number of hydrogen-bond donors (Lipinski definition) is 1. The summed E-state index contributed by atoms with van der Waals surface area (Å²) in [6.45, 7) is 2.40. The largest absolute Gasteiger partial charge is 0.493 e. The Kier molecular flexibility index (Phi) is 8.22. The molecule has 0 radical (unpaired) electrons. The molecule has 9 heteroatoms. The van der Waals surface area contributed by atoms with E-state index in [9.17, 15) is 9.18 Å². The Morgan fingerprint density at radius 2 is 1.78 bits per heavy atom. The Labute approximate surface area is 213 Å². The zero-order valence-electron chi connectivity index (χ0n) is 20.3. The van der Waals surface area contributed by atoms with Crippen molar-refractivity contribution in [2.45, 2.75) is 24.3 Å². The molecule has 0 aliphatic rings. The highest BCUT2D eigenvalue weighted by Crippen LogP contribution is 2.30. The van der Waals surface area contributed by atoms with Crippen LogP contribution in [0, 0.1) is 12.7 Å². The molecule has 0 fully saturated rings. The van der Waals surface area contributed by atoms with Crippen molar-refractivity contribution in [1.82, 2.24) is 20.1 Å². The number of nitrogens with zero attached hydrogens (tertiary/aromatic N) is 3. The van der Waals surface area contributed by atoms with E-state index in [0.717, 1.165) is 11.4 Å². The number of methoxy groups -OCH3 is 2. The van der Waals surface area contributed by atoms with Crippen LogP contribution in [-0.2, 0) is 12.2 Å². The molecule has 4 aromatic rings. The highest BCUT2D eigenvalue weighted by Gasteiger charge is 2.18. The van der Waals surface area contributed by atoms with Crippen molar-refractivity contribution < 1.29 is 18.7 Å². The van der Waals surface area contributed by atoms with E-state index in [1.54, 1.807) is 42.1 Å². The molecule has 0 bridgehead atoms. The van der Waals surface area contributed by atoms with E-state index >= 15 is 0 Å². The number of carbonyl (C=O) groups is 1. The summed E-state index contributed by atoms with van der Waals surface area (Å²) in [7, 11) is 3.02. The van der Waals surface area contributed by atoms with Crippen molar-refractivity contribution in [3.05, 3.63) is 95.1 Å². The Morgan fingerprint density at radius 1 is 1.00 bits per heavy atom. The molecule has 0 spiro atoms. The lowest BCUT2D eigenvalue weighted by atomic mass is 10.1. The maximum atomic E-state index is 13.6. The zero-order valence-corrected chi connectivity index (χ0v) is 21.1. The lowest BCUT2D eigenvalue weighted by Gasteiger charge is -2.13. The smallest absolute Gasteiger partial charge is 0.255 e. The van der Waals surface area contributed by atoms with Crippen LogP contribution in [0.2, 0.25) is 0 Å². The molecule has 0 saturated heterocycles. The number of para-hydroxylation sites is 1. The van der Waals surface area contributed by atoms with Crippen molar-refractivity contribution >= 4 is 17.7 Å². The van der Waals surface area contributed by atoms with Gasteiger partial charge in [0.1, 0.15) is 11.6 Å². The van der Waals surface area contributed by atoms with E-state index in [2.05, 4.69) is 34.6 Å². The van der Waals surface area contributed by atoms with Crippen molar-refractivity contribution in [2.24, 2.45) is 0 Å². The normalized spacial score (nSPS) is 10.8. The molecule has 0 atom stereocenters. The minimum absolute atomic E-state index is 0.284. The van der Waals surface area contributed by atoms with Crippen LogP contribution in [0.25, 0.3) is 5.69 Å². The zero-order chi connectivity index (χ0) is 25.5. The summed E-state index contributed by atoms with van der Waals surface area (Å²) in [5.74, 6) is 1.64. The molecule has 0 unspecified atom stereocenters. The van der Waals surface area contributed by atoms with Crippen LogP contribution >= 0.6 is 11.8 Å². The fourth-order valence-electron chi connectivity index (χ4n) is 3.77. The lowest BCUT2D eigenvalue weighted by molar-refractivity contribution is 0.0950. The minimum atomic E-state index is -0.318. The third-order valence-corrected chi connectivity index (χ3v) is 6.66. The first-order valence-electron chi connectivity index (χ1n) is 11.4. The second-order valence-corrected chi connectivity index (χ2v) is 8.92. The molecule has 1 heterocycles. The molecule has 0 aliphatic heterocycles. The van der Waals surface area contributed by atoms with Gasteiger partial charge in [0.15, 0.2) is 16.7 Å². The fourth-order valence-corrected chi connectivity index (χ4v) is 4.82. The Balaban J connectivity index is 1.52. The van der Waals surface area contributed by atoms with Gasteiger partial charge >= 0.3 is 0 Å². The monoisotopic (exact) mass is 506 g/mol. The lowest BCUT2D eigenvalue weighted by Crippen LogP contribution is -2.27. The highest BCUT2D eigenvalue weighted by atomic mass is 32.2. The van der Waals surface area contributed by atoms with Gasteiger partial charge in [0.25, 0.3) is 5.91 Å². The molecular weight excluding hydrogens is 479 g/mol. The number of nitrogens with one attached hydrogen (secondary N) is 1. The Hall–Kier alpha value is -3.85. The van der Waals surface area contributed by atoms with E-state index in [1.165, 1.54) is 37.5 Å². The van der Waals surface area contributed by atoms with Crippen LogP contribution in [-0.4, -0.2) is 41.4 Å². The number of halogens is 1. The number of thioether (sulfide) groups is 1. The number of aromatic nitrogens is 3. The molecule has 7 nitrogen and oxygen atoms in total. The number of benzene rings is 3. The minimum Gasteiger partial charge on any atom is -0.493 e.